The van der Waals surface area contributed by atoms with Gasteiger partial charge < -0.3 is 5.73 Å². The van der Waals surface area contributed by atoms with E-state index < -0.39 is 5.91 Å². The van der Waals surface area contributed by atoms with Crippen molar-refractivity contribution in [2.24, 2.45) is 11.7 Å². The van der Waals surface area contributed by atoms with E-state index in [1.165, 1.54) is 0 Å². The average Bonchev–Trinajstić information content (AvgIpc) is 2.17. The van der Waals surface area contributed by atoms with Crippen molar-refractivity contribution in [1.29, 1.82) is 0 Å². The molecule has 0 fully saturated rings. The summed E-state index contributed by atoms with van der Waals surface area (Å²) in [4.78, 5) is 22.0. The van der Waals surface area contributed by atoms with E-state index in [9.17, 15) is 9.59 Å². The monoisotopic (exact) mass is 292 g/mol. The van der Waals surface area contributed by atoms with E-state index in [1.54, 1.807) is 41.1 Å². The summed E-state index contributed by atoms with van der Waals surface area (Å²) in [6, 6.07) is 0. The standard InChI is InChI=1S/C8H9IN2O2/c9-11-8(13)6-3-1-2-5(4-6)7(10)12/h1-3,6H,4H2,(H2,10,12)(H,11,13). The zero-order valence-corrected chi connectivity index (χ0v) is 8.95. The summed E-state index contributed by atoms with van der Waals surface area (Å²) in [5, 5.41) is 0. The molecule has 0 radical (unpaired) electrons. The predicted octanol–water partition coefficient (Wildman–Crippen LogP) is 0.440. The van der Waals surface area contributed by atoms with Gasteiger partial charge in [0.2, 0.25) is 11.8 Å². The molecular weight excluding hydrogens is 283 g/mol. The van der Waals surface area contributed by atoms with Gasteiger partial charge in [-0.3, -0.25) is 13.1 Å². The Morgan fingerprint density at radius 3 is 2.85 bits per heavy atom. The summed E-state index contributed by atoms with van der Waals surface area (Å²) in [7, 11) is 0. The van der Waals surface area contributed by atoms with E-state index >= 15 is 0 Å². The number of amides is 2. The molecule has 0 heterocycles. The van der Waals surface area contributed by atoms with E-state index in [4.69, 9.17) is 5.73 Å². The molecule has 0 aromatic rings. The Kier molecular flexibility index (Phi) is 3.47. The molecule has 13 heavy (non-hydrogen) atoms. The lowest BCUT2D eigenvalue weighted by Crippen LogP contribution is -2.26. The summed E-state index contributed by atoms with van der Waals surface area (Å²) in [5.74, 6) is -0.844. The van der Waals surface area contributed by atoms with Crippen LogP contribution in [0, 0.1) is 5.92 Å². The van der Waals surface area contributed by atoms with Gasteiger partial charge in [-0.25, -0.2) is 0 Å². The van der Waals surface area contributed by atoms with E-state index in [2.05, 4.69) is 3.53 Å². The van der Waals surface area contributed by atoms with Crippen LogP contribution in [0.4, 0.5) is 0 Å². The third-order valence-electron chi connectivity index (χ3n) is 1.83. The largest absolute Gasteiger partial charge is 0.366 e. The topological polar surface area (TPSA) is 72.2 Å². The Hall–Kier alpha value is -0.850. The quantitative estimate of drug-likeness (QED) is 0.572. The van der Waals surface area contributed by atoms with Gasteiger partial charge in [0, 0.05) is 5.57 Å². The Balaban J connectivity index is 2.70. The number of hydrogen-bond donors (Lipinski definition) is 2. The first-order valence-electron chi connectivity index (χ1n) is 3.73. The van der Waals surface area contributed by atoms with Crippen molar-refractivity contribution in [2.45, 2.75) is 6.42 Å². The van der Waals surface area contributed by atoms with Crippen molar-refractivity contribution in [3.8, 4) is 0 Å². The first-order chi connectivity index (χ1) is 6.15. The Bertz CT molecular complexity index is 297. The fourth-order valence-electron chi connectivity index (χ4n) is 1.11. The molecule has 1 aliphatic rings. The number of carbonyl (C=O) groups excluding carboxylic acids is 2. The maximum Gasteiger partial charge on any atom is 0.244 e. The fourth-order valence-corrected chi connectivity index (χ4v) is 1.51. The van der Waals surface area contributed by atoms with Crippen molar-refractivity contribution in [2.75, 3.05) is 0 Å². The zero-order valence-electron chi connectivity index (χ0n) is 6.79. The maximum atomic E-state index is 11.2. The van der Waals surface area contributed by atoms with Gasteiger partial charge in [0.05, 0.1) is 28.8 Å². The highest BCUT2D eigenvalue weighted by Gasteiger charge is 2.20. The van der Waals surface area contributed by atoms with Crippen LogP contribution in [0.3, 0.4) is 0 Å². The molecule has 0 saturated carbocycles. The summed E-state index contributed by atoms with van der Waals surface area (Å²) in [6.07, 6.45) is 5.46. The second-order valence-electron chi connectivity index (χ2n) is 2.71. The molecule has 0 bridgehead atoms. The van der Waals surface area contributed by atoms with E-state index in [0.717, 1.165) is 0 Å². The molecule has 70 valence electrons. The highest BCUT2D eigenvalue weighted by atomic mass is 127. The van der Waals surface area contributed by atoms with Crippen LogP contribution in [-0.4, -0.2) is 11.8 Å². The molecule has 1 atom stereocenters. The SMILES string of the molecule is NC(=O)C1=CC=CC(C(=O)NI)C1. The molecule has 2 amide bonds. The number of nitrogens with one attached hydrogen (secondary N) is 1. The van der Waals surface area contributed by atoms with Crippen LogP contribution in [0.25, 0.3) is 0 Å². The third-order valence-corrected chi connectivity index (χ3v) is 2.36. The third kappa shape index (κ3) is 2.55. The number of allylic oxidation sites excluding steroid dienone is 2. The predicted molar refractivity (Wildman–Crippen MR) is 56.7 cm³/mol. The van der Waals surface area contributed by atoms with Crippen LogP contribution in [0.15, 0.2) is 23.8 Å². The van der Waals surface area contributed by atoms with Gasteiger partial charge >= 0.3 is 0 Å². The molecule has 4 nitrogen and oxygen atoms in total. The number of hydrogen-bond acceptors (Lipinski definition) is 2. The van der Waals surface area contributed by atoms with E-state index in [0.29, 0.717) is 12.0 Å². The Morgan fingerprint density at radius 2 is 2.31 bits per heavy atom. The van der Waals surface area contributed by atoms with Crippen LogP contribution in [0.2, 0.25) is 0 Å². The van der Waals surface area contributed by atoms with Crippen LogP contribution in [-0.2, 0) is 9.59 Å². The lowest BCUT2D eigenvalue weighted by Gasteiger charge is -2.14. The van der Waals surface area contributed by atoms with Crippen LogP contribution in [0.5, 0.6) is 0 Å². The Morgan fingerprint density at radius 1 is 1.62 bits per heavy atom. The molecule has 3 N–H and O–H groups in total. The van der Waals surface area contributed by atoms with Gasteiger partial charge in [0.25, 0.3) is 0 Å². The molecule has 0 saturated heterocycles. The first-order valence-corrected chi connectivity index (χ1v) is 4.80. The van der Waals surface area contributed by atoms with Crippen molar-refractivity contribution in [1.82, 2.24) is 3.53 Å². The summed E-state index contributed by atoms with van der Waals surface area (Å²) < 4.78 is 2.49. The number of nitrogens with two attached hydrogens (primary N) is 1. The van der Waals surface area contributed by atoms with Gasteiger partial charge in [0.1, 0.15) is 0 Å². The molecule has 0 aromatic carbocycles. The molecule has 0 aromatic heterocycles. The van der Waals surface area contributed by atoms with Crippen LogP contribution >= 0.6 is 22.9 Å². The smallest absolute Gasteiger partial charge is 0.244 e. The number of primary amides is 1. The van der Waals surface area contributed by atoms with E-state index in [-0.39, 0.29) is 11.8 Å². The molecule has 0 spiro atoms. The minimum atomic E-state index is -0.462. The lowest BCUT2D eigenvalue weighted by atomic mass is 9.93. The van der Waals surface area contributed by atoms with Gasteiger partial charge in [-0.1, -0.05) is 18.2 Å². The van der Waals surface area contributed by atoms with E-state index in [1.807, 2.05) is 0 Å². The molecular formula is C8H9IN2O2. The number of carbonyl (C=O) groups is 2. The Labute approximate surface area is 89.7 Å². The van der Waals surface area contributed by atoms with Crippen molar-refractivity contribution >= 4 is 34.7 Å². The van der Waals surface area contributed by atoms with Crippen molar-refractivity contribution in [3.05, 3.63) is 23.8 Å². The minimum Gasteiger partial charge on any atom is -0.366 e. The maximum absolute atomic E-state index is 11.2. The highest BCUT2D eigenvalue weighted by molar-refractivity contribution is 14.1. The van der Waals surface area contributed by atoms with Gasteiger partial charge in [-0.05, 0) is 6.42 Å². The lowest BCUT2D eigenvalue weighted by molar-refractivity contribution is -0.121. The minimum absolute atomic E-state index is 0.108. The molecule has 1 aliphatic carbocycles. The summed E-state index contributed by atoms with van der Waals surface area (Å²) >= 11 is 1.77. The highest BCUT2D eigenvalue weighted by Crippen LogP contribution is 2.18. The fraction of sp³-hybridized carbons (Fsp3) is 0.250. The molecule has 1 unspecified atom stereocenters. The normalized spacial score (nSPS) is 20.7. The molecule has 0 aliphatic heterocycles. The molecule has 1 rings (SSSR count). The summed E-state index contributed by atoms with van der Waals surface area (Å²) in [5.41, 5.74) is 5.59. The number of rotatable bonds is 2. The van der Waals surface area contributed by atoms with Gasteiger partial charge in [-0.15, -0.1) is 0 Å². The average molecular weight is 292 g/mol. The number of halogens is 1. The second-order valence-corrected chi connectivity index (χ2v) is 3.25. The van der Waals surface area contributed by atoms with Crippen LogP contribution in [0.1, 0.15) is 6.42 Å². The van der Waals surface area contributed by atoms with Crippen LogP contribution < -0.4 is 9.26 Å². The van der Waals surface area contributed by atoms with Gasteiger partial charge in [-0.2, -0.15) is 0 Å². The molecule has 5 heteroatoms. The summed E-state index contributed by atoms with van der Waals surface area (Å²) in [6.45, 7) is 0. The second kappa shape index (κ2) is 4.40. The zero-order chi connectivity index (χ0) is 9.84. The van der Waals surface area contributed by atoms with Crippen molar-refractivity contribution < 1.29 is 9.59 Å². The van der Waals surface area contributed by atoms with Crippen molar-refractivity contribution in [3.63, 3.8) is 0 Å². The van der Waals surface area contributed by atoms with Gasteiger partial charge in [0.15, 0.2) is 0 Å². The first kappa shape index (κ1) is 10.2.